The molecular weight excluding hydrogens is 196 g/mol. The molecule has 82 valence electrons. The van der Waals surface area contributed by atoms with Gasteiger partial charge in [0.2, 0.25) is 0 Å². The molecule has 0 aliphatic carbocycles. The molecule has 2 aromatic rings. The molecular formula is C14H16N2. The highest BCUT2D eigenvalue weighted by Gasteiger charge is 2.09. The smallest absolute Gasteiger partial charge is 0.0500 e. The number of benzene rings is 2. The molecule has 0 radical (unpaired) electrons. The van der Waals surface area contributed by atoms with E-state index in [4.69, 9.17) is 5.84 Å². The third kappa shape index (κ3) is 2.69. The van der Waals surface area contributed by atoms with Crippen LogP contribution in [-0.4, -0.2) is 0 Å². The van der Waals surface area contributed by atoms with Gasteiger partial charge in [0, 0.05) is 6.04 Å². The van der Waals surface area contributed by atoms with Crippen LogP contribution in [-0.2, 0) is 6.42 Å². The molecule has 3 N–H and O–H groups in total. The first-order valence-corrected chi connectivity index (χ1v) is 5.45. The molecule has 2 aromatic carbocycles. The molecule has 0 amide bonds. The lowest BCUT2D eigenvalue weighted by atomic mass is 10.00. The molecule has 0 aliphatic rings. The van der Waals surface area contributed by atoms with Crippen molar-refractivity contribution in [1.29, 1.82) is 0 Å². The van der Waals surface area contributed by atoms with E-state index in [2.05, 4.69) is 29.7 Å². The zero-order valence-corrected chi connectivity index (χ0v) is 9.14. The van der Waals surface area contributed by atoms with Crippen LogP contribution in [0.25, 0.3) is 0 Å². The normalized spacial score (nSPS) is 12.3. The van der Waals surface area contributed by atoms with Crippen LogP contribution in [0.4, 0.5) is 0 Å². The van der Waals surface area contributed by atoms with Gasteiger partial charge in [0.15, 0.2) is 0 Å². The summed E-state index contributed by atoms with van der Waals surface area (Å²) in [5.74, 6) is 5.60. The van der Waals surface area contributed by atoms with Crippen LogP contribution in [0.1, 0.15) is 17.2 Å². The van der Waals surface area contributed by atoms with Gasteiger partial charge in [-0.05, 0) is 17.5 Å². The second-order valence-electron chi connectivity index (χ2n) is 3.82. The summed E-state index contributed by atoms with van der Waals surface area (Å²) in [6, 6.07) is 20.8. The second kappa shape index (κ2) is 5.45. The van der Waals surface area contributed by atoms with Crippen molar-refractivity contribution in [2.24, 2.45) is 5.84 Å². The van der Waals surface area contributed by atoms with Gasteiger partial charge in [0.25, 0.3) is 0 Å². The Bertz CT molecular complexity index is 411. The molecule has 0 saturated carbocycles. The summed E-state index contributed by atoms with van der Waals surface area (Å²) < 4.78 is 0. The average molecular weight is 212 g/mol. The van der Waals surface area contributed by atoms with Crippen molar-refractivity contribution in [3.63, 3.8) is 0 Å². The quantitative estimate of drug-likeness (QED) is 0.603. The summed E-state index contributed by atoms with van der Waals surface area (Å²) in [5, 5.41) is 0. The summed E-state index contributed by atoms with van der Waals surface area (Å²) in [7, 11) is 0. The zero-order chi connectivity index (χ0) is 11.2. The third-order valence-electron chi connectivity index (χ3n) is 2.69. The van der Waals surface area contributed by atoms with Crippen LogP contribution in [0.2, 0.25) is 0 Å². The lowest BCUT2D eigenvalue weighted by molar-refractivity contribution is 0.552. The van der Waals surface area contributed by atoms with Crippen LogP contribution in [0, 0.1) is 0 Å². The lowest BCUT2D eigenvalue weighted by Gasteiger charge is -2.16. The van der Waals surface area contributed by atoms with Gasteiger partial charge in [-0.25, -0.2) is 0 Å². The predicted molar refractivity (Wildman–Crippen MR) is 66.7 cm³/mol. The molecule has 2 heteroatoms. The SMILES string of the molecule is NNC(Cc1ccccc1)c1ccccc1. The predicted octanol–water partition coefficient (Wildman–Crippen LogP) is 2.43. The molecule has 0 bridgehead atoms. The molecule has 2 nitrogen and oxygen atoms in total. The van der Waals surface area contributed by atoms with Crippen molar-refractivity contribution in [1.82, 2.24) is 5.43 Å². The van der Waals surface area contributed by atoms with E-state index in [0.29, 0.717) is 0 Å². The van der Waals surface area contributed by atoms with Gasteiger partial charge in [-0.2, -0.15) is 0 Å². The van der Waals surface area contributed by atoms with Gasteiger partial charge in [-0.3, -0.25) is 11.3 Å². The minimum absolute atomic E-state index is 0.170. The van der Waals surface area contributed by atoms with E-state index in [1.165, 1.54) is 11.1 Å². The van der Waals surface area contributed by atoms with Gasteiger partial charge in [-0.1, -0.05) is 60.7 Å². The molecule has 1 unspecified atom stereocenters. The number of hydrogen-bond donors (Lipinski definition) is 2. The highest BCUT2D eigenvalue weighted by molar-refractivity contribution is 5.23. The first kappa shape index (κ1) is 10.9. The standard InChI is InChI=1S/C14H16N2/c15-16-14(13-9-5-2-6-10-13)11-12-7-3-1-4-8-12/h1-10,14,16H,11,15H2. The van der Waals surface area contributed by atoms with Crippen molar-refractivity contribution >= 4 is 0 Å². The Balaban J connectivity index is 2.13. The Hall–Kier alpha value is -1.64. The molecule has 2 rings (SSSR count). The first-order chi connectivity index (χ1) is 7.90. The van der Waals surface area contributed by atoms with Crippen LogP contribution in [0.3, 0.4) is 0 Å². The van der Waals surface area contributed by atoms with Gasteiger partial charge in [-0.15, -0.1) is 0 Å². The maximum Gasteiger partial charge on any atom is 0.0500 e. The summed E-state index contributed by atoms with van der Waals surface area (Å²) in [6.07, 6.45) is 0.904. The summed E-state index contributed by atoms with van der Waals surface area (Å²) in [5.41, 5.74) is 5.37. The van der Waals surface area contributed by atoms with E-state index in [9.17, 15) is 0 Å². The van der Waals surface area contributed by atoms with Crippen LogP contribution in [0.15, 0.2) is 60.7 Å². The molecule has 0 heterocycles. The Morgan fingerprint density at radius 3 is 2.00 bits per heavy atom. The van der Waals surface area contributed by atoms with Crippen molar-refractivity contribution in [3.8, 4) is 0 Å². The fourth-order valence-electron chi connectivity index (χ4n) is 1.81. The molecule has 0 saturated heterocycles. The number of rotatable bonds is 4. The monoisotopic (exact) mass is 212 g/mol. The van der Waals surface area contributed by atoms with E-state index in [1.807, 2.05) is 36.4 Å². The minimum atomic E-state index is 0.170. The maximum atomic E-state index is 5.60. The van der Waals surface area contributed by atoms with Gasteiger partial charge in [0.05, 0.1) is 0 Å². The van der Waals surface area contributed by atoms with Gasteiger partial charge < -0.3 is 0 Å². The summed E-state index contributed by atoms with van der Waals surface area (Å²) in [6.45, 7) is 0. The molecule has 1 atom stereocenters. The lowest BCUT2D eigenvalue weighted by Crippen LogP contribution is -2.29. The molecule has 0 aromatic heterocycles. The molecule has 0 spiro atoms. The Morgan fingerprint density at radius 2 is 1.44 bits per heavy atom. The number of hydrazine groups is 1. The minimum Gasteiger partial charge on any atom is -0.271 e. The van der Waals surface area contributed by atoms with Crippen molar-refractivity contribution < 1.29 is 0 Å². The van der Waals surface area contributed by atoms with Gasteiger partial charge >= 0.3 is 0 Å². The molecule has 16 heavy (non-hydrogen) atoms. The van der Waals surface area contributed by atoms with E-state index >= 15 is 0 Å². The van der Waals surface area contributed by atoms with Gasteiger partial charge in [0.1, 0.15) is 0 Å². The highest BCUT2D eigenvalue weighted by Crippen LogP contribution is 2.16. The van der Waals surface area contributed by atoms with E-state index < -0.39 is 0 Å². The van der Waals surface area contributed by atoms with E-state index in [1.54, 1.807) is 0 Å². The van der Waals surface area contributed by atoms with E-state index in [0.717, 1.165) is 6.42 Å². The topological polar surface area (TPSA) is 38.0 Å². The number of hydrogen-bond acceptors (Lipinski definition) is 2. The maximum absolute atomic E-state index is 5.60. The molecule has 0 aliphatic heterocycles. The third-order valence-corrected chi connectivity index (χ3v) is 2.69. The van der Waals surface area contributed by atoms with Crippen molar-refractivity contribution in [2.75, 3.05) is 0 Å². The Kier molecular flexibility index (Phi) is 3.70. The van der Waals surface area contributed by atoms with Crippen LogP contribution >= 0.6 is 0 Å². The second-order valence-corrected chi connectivity index (χ2v) is 3.82. The van der Waals surface area contributed by atoms with E-state index in [-0.39, 0.29) is 6.04 Å². The average Bonchev–Trinajstić information content (AvgIpc) is 2.38. The first-order valence-electron chi connectivity index (χ1n) is 5.45. The fraction of sp³-hybridized carbons (Fsp3) is 0.143. The largest absolute Gasteiger partial charge is 0.271 e. The molecule has 0 fully saturated rings. The fourth-order valence-corrected chi connectivity index (χ4v) is 1.81. The number of nitrogens with one attached hydrogen (secondary N) is 1. The summed E-state index contributed by atoms with van der Waals surface area (Å²) in [4.78, 5) is 0. The Labute approximate surface area is 96.1 Å². The summed E-state index contributed by atoms with van der Waals surface area (Å²) >= 11 is 0. The van der Waals surface area contributed by atoms with Crippen LogP contribution in [0.5, 0.6) is 0 Å². The van der Waals surface area contributed by atoms with Crippen molar-refractivity contribution in [2.45, 2.75) is 12.5 Å². The zero-order valence-electron chi connectivity index (χ0n) is 9.14. The van der Waals surface area contributed by atoms with Crippen LogP contribution < -0.4 is 11.3 Å². The van der Waals surface area contributed by atoms with Crippen molar-refractivity contribution in [3.05, 3.63) is 71.8 Å². The Morgan fingerprint density at radius 1 is 0.875 bits per heavy atom. The highest BCUT2D eigenvalue weighted by atomic mass is 15.2. The number of nitrogens with two attached hydrogens (primary N) is 1.